The molecular weight excluding hydrogens is 158 g/mol. The number of rotatable bonds is 3. The largest absolute Gasteiger partial charge is 0.311 e. The Hall–Kier alpha value is -0.0400. The van der Waals surface area contributed by atoms with Crippen LogP contribution in [-0.4, -0.2) is 12.1 Å². The van der Waals surface area contributed by atoms with Crippen LogP contribution in [-0.2, 0) is 0 Å². The lowest BCUT2D eigenvalue weighted by atomic mass is 9.86. The van der Waals surface area contributed by atoms with Crippen LogP contribution < -0.4 is 5.32 Å². The van der Waals surface area contributed by atoms with Crippen molar-refractivity contribution in [3.8, 4) is 0 Å². The van der Waals surface area contributed by atoms with Crippen molar-refractivity contribution in [1.82, 2.24) is 5.32 Å². The van der Waals surface area contributed by atoms with E-state index in [1.54, 1.807) is 0 Å². The van der Waals surface area contributed by atoms with E-state index < -0.39 is 0 Å². The van der Waals surface area contributed by atoms with E-state index in [0.29, 0.717) is 6.04 Å². The molecule has 78 valence electrons. The van der Waals surface area contributed by atoms with Crippen LogP contribution in [0.1, 0.15) is 53.4 Å². The number of nitrogens with one attached hydrogen (secondary N) is 1. The highest BCUT2D eigenvalue weighted by molar-refractivity contribution is 4.79. The Labute approximate surface area is 83.3 Å². The van der Waals surface area contributed by atoms with Gasteiger partial charge in [0, 0.05) is 12.1 Å². The molecule has 1 N–H and O–H groups in total. The van der Waals surface area contributed by atoms with Crippen molar-refractivity contribution >= 4 is 0 Å². The van der Waals surface area contributed by atoms with Gasteiger partial charge >= 0.3 is 0 Å². The average Bonchev–Trinajstić information content (AvgIpc) is 2.04. The molecule has 1 aliphatic carbocycles. The van der Waals surface area contributed by atoms with E-state index in [9.17, 15) is 0 Å². The lowest BCUT2D eigenvalue weighted by molar-refractivity contribution is 0.265. The standard InChI is InChI=1S/C12H25N/c1-9(2)11(4)13-12-7-5-6-10(3)8-12/h9-13H,5-8H2,1-4H3. The van der Waals surface area contributed by atoms with Gasteiger partial charge in [0.1, 0.15) is 0 Å². The van der Waals surface area contributed by atoms with Crippen molar-refractivity contribution in [3.05, 3.63) is 0 Å². The molecule has 0 bridgehead atoms. The molecule has 3 unspecified atom stereocenters. The second-order valence-corrected chi connectivity index (χ2v) is 5.17. The van der Waals surface area contributed by atoms with Crippen molar-refractivity contribution < 1.29 is 0 Å². The molecule has 0 saturated heterocycles. The maximum atomic E-state index is 3.75. The molecule has 0 amide bonds. The zero-order chi connectivity index (χ0) is 9.84. The Kier molecular flexibility index (Phi) is 4.24. The van der Waals surface area contributed by atoms with E-state index in [1.807, 2.05) is 0 Å². The zero-order valence-corrected chi connectivity index (χ0v) is 9.64. The third-order valence-corrected chi connectivity index (χ3v) is 3.43. The van der Waals surface area contributed by atoms with E-state index in [1.165, 1.54) is 25.7 Å². The van der Waals surface area contributed by atoms with Gasteiger partial charge < -0.3 is 5.32 Å². The molecule has 0 aromatic heterocycles. The van der Waals surface area contributed by atoms with Gasteiger partial charge in [-0.25, -0.2) is 0 Å². The Balaban J connectivity index is 2.27. The highest BCUT2D eigenvalue weighted by Crippen LogP contribution is 2.24. The summed E-state index contributed by atoms with van der Waals surface area (Å²) in [5.74, 6) is 1.70. The van der Waals surface area contributed by atoms with E-state index in [0.717, 1.165) is 17.9 Å². The van der Waals surface area contributed by atoms with Crippen molar-refractivity contribution in [3.63, 3.8) is 0 Å². The van der Waals surface area contributed by atoms with Crippen LogP contribution in [0.5, 0.6) is 0 Å². The summed E-state index contributed by atoms with van der Waals surface area (Å²) in [6.07, 6.45) is 5.64. The molecule has 0 aromatic carbocycles. The number of hydrogen-bond acceptors (Lipinski definition) is 1. The Bertz CT molecular complexity index is 142. The minimum absolute atomic E-state index is 0.676. The first-order valence-electron chi connectivity index (χ1n) is 5.85. The van der Waals surface area contributed by atoms with Gasteiger partial charge in [-0.15, -0.1) is 0 Å². The minimum atomic E-state index is 0.676. The van der Waals surface area contributed by atoms with Gasteiger partial charge in [-0.05, 0) is 31.6 Å². The molecule has 0 spiro atoms. The van der Waals surface area contributed by atoms with Crippen LogP contribution in [0.15, 0.2) is 0 Å². The molecule has 0 heterocycles. The fourth-order valence-corrected chi connectivity index (χ4v) is 2.15. The van der Waals surface area contributed by atoms with Crippen LogP contribution in [0.4, 0.5) is 0 Å². The molecule has 3 atom stereocenters. The topological polar surface area (TPSA) is 12.0 Å². The molecule has 1 fully saturated rings. The molecule has 0 radical (unpaired) electrons. The molecular formula is C12H25N. The lowest BCUT2D eigenvalue weighted by Crippen LogP contribution is -2.41. The normalized spacial score (nSPS) is 32.1. The van der Waals surface area contributed by atoms with Crippen molar-refractivity contribution in [2.45, 2.75) is 65.5 Å². The van der Waals surface area contributed by atoms with E-state index in [-0.39, 0.29) is 0 Å². The van der Waals surface area contributed by atoms with Crippen molar-refractivity contribution in [1.29, 1.82) is 0 Å². The van der Waals surface area contributed by atoms with Crippen molar-refractivity contribution in [2.75, 3.05) is 0 Å². The summed E-state index contributed by atoms with van der Waals surface area (Å²) < 4.78 is 0. The summed E-state index contributed by atoms with van der Waals surface area (Å²) in [6, 6.07) is 1.47. The molecule has 1 nitrogen and oxygen atoms in total. The summed E-state index contributed by atoms with van der Waals surface area (Å²) in [7, 11) is 0. The number of hydrogen-bond donors (Lipinski definition) is 1. The van der Waals surface area contributed by atoms with Gasteiger partial charge in [-0.3, -0.25) is 0 Å². The summed E-state index contributed by atoms with van der Waals surface area (Å²) in [5, 5.41) is 3.75. The molecule has 1 rings (SSSR count). The van der Waals surface area contributed by atoms with E-state index >= 15 is 0 Å². The summed E-state index contributed by atoms with van der Waals surface area (Å²) in [5.41, 5.74) is 0. The van der Waals surface area contributed by atoms with E-state index in [2.05, 4.69) is 33.0 Å². The second-order valence-electron chi connectivity index (χ2n) is 5.17. The maximum absolute atomic E-state index is 3.75. The van der Waals surface area contributed by atoms with Crippen LogP contribution in [0.2, 0.25) is 0 Å². The van der Waals surface area contributed by atoms with Gasteiger partial charge in [-0.1, -0.05) is 33.6 Å². The third kappa shape index (κ3) is 3.68. The predicted octanol–water partition coefficient (Wildman–Crippen LogP) is 3.20. The first kappa shape index (κ1) is 11.0. The monoisotopic (exact) mass is 183 g/mol. The Morgan fingerprint density at radius 2 is 1.85 bits per heavy atom. The van der Waals surface area contributed by atoms with Gasteiger partial charge in [0.15, 0.2) is 0 Å². The first-order chi connectivity index (χ1) is 6.09. The smallest absolute Gasteiger partial charge is 0.00721 e. The molecule has 1 heteroatoms. The summed E-state index contributed by atoms with van der Waals surface area (Å²) >= 11 is 0. The highest BCUT2D eigenvalue weighted by Gasteiger charge is 2.20. The van der Waals surface area contributed by atoms with Gasteiger partial charge in [0.05, 0.1) is 0 Å². The summed E-state index contributed by atoms with van der Waals surface area (Å²) in [4.78, 5) is 0. The molecule has 1 saturated carbocycles. The Morgan fingerprint density at radius 3 is 2.38 bits per heavy atom. The first-order valence-corrected chi connectivity index (χ1v) is 5.85. The van der Waals surface area contributed by atoms with Crippen molar-refractivity contribution in [2.24, 2.45) is 11.8 Å². The summed E-state index contributed by atoms with van der Waals surface area (Å²) in [6.45, 7) is 9.28. The zero-order valence-electron chi connectivity index (χ0n) is 9.64. The van der Waals surface area contributed by atoms with Crippen LogP contribution in [0, 0.1) is 11.8 Å². The molecule has 0 aromatic rings. The van der Waals surface area contributed by atoms with Gasteiger partial charge in [0.2, 0.25) is 0 Å². The predicted molar refractivity (Wildman–Crippen MR) is 58.9 cm³/mol. The molecule has 13 heavy (non-hydrogen) atoms. The van der Waals surface area contributed by atoms with Crippen LogP contribution in [0.3, 0.4) is 0 Å². The molecule has 0 aliphatic heterocycles. The van der Waals surface area contributed by atoms with Crippen LogP contribution >= 0.6 is 0 Å². The van der Waals surface area contributed by atoms with Gasteiger partial charge in [0.25, 0.3) is 0 Å². The lowest BCUT2D eigenvalue weighted by Gasteiger charge is -2.31. The minimum Gasteiger partial charge on any atom is -0.311 e. The SMILES string of the molecule is CC1CCCC(NC(C)C(C)C)C1. The fourth-order valence-electron chi connectivity index (χ4n) is 2.15. The van der Waals surface area contributed by atoms with Gasteiger partial charge in [-0.2, -0.15) is 0 Å². The third-order valence-electron chi connectivity index (χ3n) is 3.43. The average molecular weight is 183 g/mol. The fraction of sp³-hybridized carbons (Fsp3) is 1.00. The maximum Gasteiger partial charge on any atom is 0.00721 e. The second kappa shape index (κ2) is 4.99. The quantitative estimate of drug-likeness (QED) is 0.708. The molecule has 1 aliphatic rings. The van der Waals surface area contributed by atoms with Crippen LogP contribution in [0.25, 0.3) is 0 Å². The highest BCUT2D eigenvalue weighted by atomic mass is 14.9. The Morgan fingerprint density at radius 1 is 1.15 bits per heavy atom. The van der Waals surface area contributed by atoms with E-state index in [4.69, 9.17) is 0 Å².